The second-order valence-electron chi connectivity index (χ2n) is 8.62. The number of rotatable bonds is 11. The Hall–Kier alpha value is -4.08. The molecule has 0 unspecified atom stereocenters. The molecule has 0 saturated heterocycles. The zero-order valence-electron chi connectivity index (χ0n) is 21.4. The quantitative estimate of drug-likeness (QED) is 0.263. The Kier molecular flexibility index (Phi) is 8.83. The second kappa shape index (κ2) is 12.4. The van der Waals surface area contributed by atoms with Crippen molar-refractivity contribution in [2.24, 2.45) is 0 Å². The zero-order chi connectivity index (χ0) is 27.1. The molecule has 0 aromatic heterocycles. The van der Waals surface area contributed by atoms with Crippen LogP contribution in [0.15, 0.2) is 88.3 Å². The van der Waals surface area contributed by atoms with E-state index in [1.807, 2.05) is 31.2 Å². The molecule has 1 aliphatic rings. The van der Waals surface area contributed by atoms with E-state index >= 15 is 0 Å². The normalized spacial score (nSPS) is 13.2. The van der Waals surface area contributed by atoms with Crippen molar-refractivity contribution in [1.29, 1.82) is 0 Å². The molecule has 196 valence electrons. The summed E-state index contributed by atoms with van der Waals surface area (Å²) in [5.41, 5.74) is 3.14. The first-order valence-electron chi connectivity index (χ1n) is 12.1. The van der Waals surface area contributed by atoms with Crippen molar-refractivity contribution in [2.45, 2.75) is 18.2 Å². The van der Waals surface area contributed by atoms with Crippen LogP contribution >= 0.6 is 11.8 Å². The van der Waals surface area contributed by atoms with Crippen LogP contribution < -0.4 is 15.4 Å². The van der Waals surface area contributed by atoms with Crippen LogP contribution in [0, 0.1) is 6.92 Å². The van der Waals surface area contributed by atoms with Gasteiger partial charge in [0.2, 0.25) is 0 Å². The molecule has 3 aromatic carbocycles. The largest absolute Gasteiger partial charge is 0.497 e. The number of methoxy groups -OCH3 is 2. The highest BCUT2D eigenvalue weighted by Gasteiger charge is 2.38. The first kappa shape index (κ1) is 27.0. The molecule has 0 aliphatic carbocycles. The van der Waals surface area contributed by atoms with Gasteiger partial charge in [-0.15, -0.1) is 0 Å². The van der Waals surface area contributed by atoms with E-state index in [-0.39, 0.29) is 30.0 Å². The number of anilines is 2. The van der Waals surface area contributed by atoms with Crippen molar-refractivity contribution < 1.29 is 23.9 Å². The molecule has 0 radical (unpaired) electrons. The molecule has 1 aliphatic heterocycles. The average molecular weight is 532 g/mol. The summed E-state index contributed by atoms with van der Waals surface area (Å²) in [6, 6.07) is 21.6. The van der Waals surface area contributed by atoms with E-state index in [1.54, 1.807) is 62.8 Å². The van der Waals surface area contributed by atoms with Crippen molar-refractivity contribution in [3.8, 4) is 5.75 Å². The van der Waals surface area contributed by atoms with Crippen LogP contribution in [0.2, 0.25) is 0 Å². The molecular formula is C29H29N3O5S. The Morgan fingerprint density at radius 3 is 2.32 bits per heavy atom. The van der Waals surface area contributed by atoms with Gasteiger partial charge in [0.1, 0.15) is 16.4 Å². The number of thioether (sulfide) groups is 1. The number of hydrogen-bond donors (Lipinski definition) is 2. The summed E-state index contributed by atoms with van der Waals surface area (Å²) < 4.78 is 10.3. The number of carbonyl (C=O) groups is 3. The minimum absolute atomic E-state index is 0.247. The van der Waals surface area contributed by atoms with Crippen LogP contribution in [-0.4, -0.2) is 50.0 Å². The Morgan fingerprint density at radius 2 is 1.63 bits per heavy atom. The number of benzene rings is 3. The number of imide groups is 1. The van der Waals surface area contributed by atoms with E-state index in [0.717, 1.165) is 16.1 Å². The van der Waals surface area contributed by atoms with Gasteiger partial charge < -0.3 is 20.1 Å². The Labute approximate surface area is 226 Å². The maximum atomic E-state index is 13.3. The van der Waals surface area contributed by atoms with Gasteiger partial charge in [-0.3, -0.25) is 19.3 Å². The fourth-order valence-corrected chi connectivity index (χ4v) is 4.75. The molecule has 3 aromatic rings. The van der Waals surface area contributed by atoms with E-state index in [0.29, 0.717) is 34.9 Å². The van der Waals surface area contributed by atoms with Gasteiger partial charge in [0.05, 0.1) is 7.11 Å². The number of hydrogen-bond acceptors (Lipinski definition) is 7. The summed E-state index contributed by atoms with van der Waals surface area (Å²) in [4.78, 5) is 41.4. The number of nitrogens with zero attached hydrogens (tertiary/aromatic N) is 1. The minimum Gasteiger partial charge on any atom is -0.497 e. The van der Waals surface area contributed by atoms with Crippen molar-refractivity contribution in [3.63, 3.8) is 0 Å². The van der Waals surface area contributed by atoms with Gasteiger partial charge in [-0.1, -0.05) is 35.5 Å². The molecule has 0 spiro atoms. The lowest BCUT2D eigenvalue weighted by Gasteiger charge is -2.14. The van der Waals surface area contributed by atoms with Crippen molar-refractivity contribution in [3.05, 3.63) is 94.5 Å². The smallest absolute Gasteiger partial charge is 0.278 e. The predicted octanol–water partition coefficient (Wildman–Crippen LogP) is 5.08. The minimum atomic E-state index is -0.364. The van der Waals surface area contributed by atoms with Gasteiger partial charge in [0, 0.05) is 42.1 Å². The second-order valence-corrected chi connectivity index (χ2v) is 9.70. The highest BCUT2D eigenvalue weighted by molar-refractivity contribution is 8.04. The number of carbonyl (C=O) groups excluding carboxylic acids is 3. The summed E-state index contributed by atoms with van der Waals surface area (Å²) in [7, 11) is 3.13. The van der Waals surface area contributed by atoms with E-state index < -0.39 is 0 Å². The first-order chi connectivity index (χ1) is 18.4. The molecular weight excluding hydrogens is 502 g/mol. The lowest BCUT2D eigenvalue weighted by atomic mass is 10.2. The standard InChI is InChI=1S/C29H29N3O5S/c1-19-8-10-21(11-9-19)30-25-26(29(35)32(28(25)34)16-5-17-36-2)38-24-14-12-22(13-15-24)31-27(33)20-6-4-7-23(18-20)37-3/h4,6-15,18,30H,5,16-17H2,1-3H3,(H,31,33). The highest BCUT2D eigenvalue weighted by atomic mass is 32.2. The Balaban J connectivity index is 1.52. The van der Waals surface area contributed by atoms with Gasteiger partial charge in [-0.05, 0) is 67.9 Å². The number of nitrogens with one attached hydrogen (secondary N) is 2. The molecule has 0 atom stereocenters. The predicted molar refractivity (Wildman–Crippen MR) is 148 cm³/mol. The number of amides is 3. The van der Waals surface area contributed by atoms with Gasteiger partial charge in [0.15, 0.2) is 0 Å². The van der Waals surface area contributed by atoms with Crippen LogP contribution in [0.5, 0.6) is 5.75 Å². The van der Waals surface area contributed by atoms with Gasteiger partial charge in [-0.2, -0.15) is 0 Å². The van der Waals surface area contributed by atoms with E-state index in [9.17, 15) is 14.4 Å². The first-order valence-corrected chi connectivity index (χ1v) is 12.9. The summed E-state index contributed by atoms with van der Waals surface area (Å²) in [5.74, 6) is -0.378. The molecule has 8 nitrogen and oxygen atoms in total. The molecule has 38 heavy (non-hydrogen) atoms. The zero-order valence-corrected chi connectivity index (χ0v) is 22.3. The summed E-state index contributed by atoms with van der Waals surface area (Å²) in [6.07, 6.45) is 0.547. The molecule has 0 bridgehead atoms. The monoisotopic (exact) mass is 531 g/mol. The summed E-state index contributed by atoms with van der Waals surface area (Å²) >= 11 is 1.21. The third-order valence-corrected chi connectivity index (χ3v) is 6.93. The van der Waals surface area contributed by atoms with Crippen molar-refractivity contribution in [2.75, 3.05) is 38.0 Å². The molecule has 0 fully saturated rings. The SMILES string of the molecule is COCCCN1C(=O)C(Nc2ccc(C)cc2)=C(Sc2ccc(NC(=O)c3cccc(OC)c3)cc2)C1=O. The summed E-state index contributed by atoms with van der Waals surface area (Å²) in [6.45, 7) is 2.70. The lowest BCUT2D eigenvalue weighted by molar-refractivity contribution is -0.137. The molecule has 3 amide bonds. The van der Waals surface area contributed by atoms with Gasteiger partial charge in [0.25, 0.3) is 17.7 Å². The highest BCUT2D eigenvalue weighted by Crippen LogP contribution is 2.36. The Morgan fingerprint density at radius 1 is 0.921 bits per heavy atom. The van der Waals surface area contributed by atoms with Crippen LogP contribution in [-0.2, 0) is 14.3 Å². The van der Waals surface area contributed by atoms with E-state index in [2.05, 4.69) is 10.6 Å². The summed E-state index contributed by atoms with van der Waals surface area (Å²) in [5, 5.41) is 6.01. The van der Waals surface area contributed by atoms with Crippen LogP contribution in [0.4, 0.5) is 11.4 Å². The maximum Gasteiger partial charge on any atom is 0.278 e. The third-order valence-electron chi connectivity index (χ3n) is 5.84. The molecule has 0 saturated carbocycles. The molecule has 9 heteroatoms. The lowest BCUT2D eigenvalue weighted by Crippen LogP contribution is -2.33. The topological polar surface area (TPSA) is 97.0 Å². The molecule has 1 heterocycles. The van der Waals surface area contributed by atoms with E-state index in [1.165, 1.54) is 16.7 Å². The maximum absolute atomic E-state index is 13.3. The van der Waals surface area contributed by atoms with Crippen molar-refractivity contribution in [1.82, 2.24) is 4.90 Å². The fraction of sp³-hybridized carbons (Fsp3) is 0.207. The number of ether oxygens (including phenoxy) is 2. The number of aryl methyl sites for hydroxylation is 1. The van der Waals surface area contributed by atoms with Gasteiger partial charge >= 0.3 is 0 Å². The Bertz CT molecular complexity index is 1350. The van der Waals surface area contributed by atoms with Crippen molar-refractivity contribution >= 4 is 40.9 Å². The van der Waals surface area contributed by atoms with Crippen LogP contribution in [0.3, 0.4) is 0 Å². The third kappa shape index (κ3) is 6.42. The van der Waals surface area contributed by atoms with Crippen LogP contribution in [0.25, 0.3) is 0 Å². The molecule has 2 N–H and O–H groups in total. The van der Waals surface area contributed by atoms with Crippen LogP contribution in [0.1, 0.15) is 22.3 Å². The van der Waals surface area contributed by atoms with E-state index in [4.69, 9.17) is 9.47 Å². The average Bonchev–Trinajstić information content (AvgIpc) is 3.14. The van der Waals surface area contributed by atoms with Gasteiger partial charge in [-0.25, -0.2) is 0 Å². The fourth-order valence-electron chi connectivity index (χ4n) is 3.80. The molecule has 4 rings (SSSR count).